The Kier molecular flexibility index (Phi) is 34.9. The van der Waals surface area contributed by atoms with Crippen molar-refractivity contribution in [1.29, 1.82) is 0 Å². The number of nitrogens with two attached hydrogens (primary N) is 1. The maximum Gasteiger partial charge on any atom is 0.245 e. The quantitative estimate of drug-likeness (QED) is 0.0125. The van der Waals surface area contributed by atoms with Crippen molar-refractivity contribution in [3.05, 3.63) is 120 Å². The highest BCUT2D eigenvalue weighted by atomic mass is 32.1. The van der Waals surface area contributed by atoms with Crippen molar-refractivity contribution >= 4 is 116 Å². The van der Waals surface area contributed by atoms with Crippen LogP contribution in [0.1, 0.15) is 56.2 Å². The van der Waals surface area contributed by atoms with Gasteiger partial charge in [-0.25, -0.2) is 0 Å². The highest BCUT2D eigenvalue weighted by Gasteiger charge is 2.38. The van der Waals surface area contributed by atoms with Crippen molar-refractivity contribution in [2.75, 3.05) is 102 Å². The Morgan fingerprint density at radius 1 is 0.500 bits per heavy atom. The third kappa shape index (κ3) is 27.6. The van der Waals surface area contributed by atoms with Crippen molar-refractivity contribution < 1.29 is 92.3 Å². The summed E-state index contributed by atoms with van der Waals surface area (Å²) in [6.45, 7) is 2.68. The molecule has 32 nitrogen and oxygen atoms in total. The van der Waals surface area contributed by atoms with Crippen molar-refractivity contribution in [2.24, 2.45) is 5.73 Å². The number of hydrogen-bond acceptors (Lipinski definition) is 22. The Bertz CT molecular complexity index is 3790. The standard InChI is InChI=1S/C67H100N13O19P3S2/c1-43(84)56(35-81)74-66(92)58(37-104)76-67(93)60(44(2)85)77-61(87)52(21-10-11-23-68)71-63(89)55(33-48-34-69-51-20-9-8-19-50(48)51)72-64(90)54(32-47-17-12-16-46-15-6-7-18-49(46)47)73-65(91)57(36-103)75-62(88)53(31-45-13-4-3-5-14-45)70-59(86)22-30-100(94,95)38-78-24-26-79(39-101(96,97)41-82)28-29-80(27-25-78)40-102(98,99)42-83/h3-9,12-20,34,43-44,52-58,60,69,81-85,103-104H,10-11,21-33,35-42,68H2,1-2H3,(H,70,86)(H,71,89)(H,72,90)(H,73,91)(H,74,92)(H,75,88)(H,76,93)(H,77,87)(H,94,95)(H,96,97)(H,98,99)/t43-,44-,52+,53+,54+,55-,56-,57-,58+,60+/m1/s1. The second kappa shape index (κ2) is 42.0. The number of unbranched alkanes of at least 4 members (excludes halogenated alkanes) is 1. The molecule has 13 atom stereocenters. The number of carbonyl (C=O) groups excluding carboxylic acids is 8. The van der Waals surface area contributed by atoms with E-state index in [1.165, 1.54) is 13.8 Å². The number of hydrogen-bond donors (Lipinski definition) is 20. The Morgan fingerprint density at radius 2 is 0.952 bits per heavy atom. The van der Waals surface area contributed by atoms with E-state index in [4.69, 9.17) is 5.73 Å². The van der Waals surface area contributed by atoms with E-state index in [0.29, 0.717) is 39.4 Å². The van der Waals surface area contributed by atoms with Gasteiger partial charge >= 0.3 is 0 Å². The molecule has 0 bridgehead atoms. The molecule has 574 valence electrons. The summed E-state index contributed by atoms with van der Waals surface area (Å²) >= 11 is 8.62. The summed E-state index contributed by atoms with van der Waals surface area (Å²) < 4.78 is 39.1. The molecule has 8 amide bonds. The molecule has 2 heterocycles. The summed E-state index contributed by atoms with van der Waals surface area (Å²) in [6, 6.07) is 16.6. The number of aromatic nitrogens is 1. The van der Waals surface area contributed by atoms with Crippen LogP contribution in [0.5, 0.6) is 0 Å². The zero-order chi connectivity index (χ0) is 76.3. The number of thiol groups is 2. The number of H-pyrrole nitrogens is 1. The van der Waals surface area contributed by atoms with Crippen LogP contribution in [-0.2, 0) is 71.3 Å². The first-order valence-electron chi connectivity index (χ1n) is 34.1. The van der Waals surface area contributed by atoms with Crippen molar-refractivity contribution in [3.63, 3.8) is 0 Å². The van der Waals surface area contributed by atoms with Gasteiger partial charge in [0.25, 0.3) is 0 Å². The van der Waals surface area contributed by atoms with Gasteiger partial charge in [0.05, 0.1) is 43.7 Å². The predicted molar refractivity (Wildman–Crippen MR) is 399 cm³/mol. The van der Waals surface area contributed by atoms with Crippen molar-refractivity contribution in [1.82, 2.24) is 62.2 Å². The number of fused-ring (bicyclic) bond motifs is 2. The first-order chi connectivity index (χ1) is 49.4. The number of rotatable bonds is 41. The molecule has 1 aliphatic heterocycles. The number of aliphatic hydroxyl groups is 5. The molecule has 1 saturated heterocycles. The molecule has 1 aliphatic rings. The normalized spacial score (nSPS) is 18.0. The molecule has 4 aromatic carbocycles. The molecule has 3 unspecified atom stereocenters. The number of aliphatic hydroxyl groups excluding tert-OH is 5. The van der Waals surface area contributed by atoms with E-state index in [2.05, 4.69) is 72.8 Å². The van der Waals surface area contributed by atoms with E-state index >= 15 is 9.59 Å². The van der Waals surface area contributed by atoms with E-state index in [1.807, 2.05) is 24.3 Å². The summed E-state index contributed by atoms with van der Waals surface area (Å²) in [5.41, 5.74) is 8.23. The van der Waals surface area contributed by atoms with Gasteiger partial charge in [0.15, 0.2) is 0 Å². The third-order valence-corrected chi connectivity index (χ3v) is 22.6. The van der Waals surface area contributed by atoms with Gasteiger partial charge in [0, 0.05) is 99.7 Å². The zero-order valence-corrected chi connectivity index (χ0v) is 62.5. The smallest absolute Gasteiger partial charge is 0.245 e. The van der Waals surface area contributed by atoms with Crippen LogP contribution in [0.15, 0.2) is 103 Å². The van der Waals surface area contributed by atoms with Crippen LogP contribution < -0.4 is 48.3 Å². The molecule has 104 heavy (non-hydrogen) atoms. The molecule has 6 rings (SSSR count). The Hall–Kier alpha value is -6.65. The average Bonchev–Trinajstić information content (AvgIpc) is 1.34. The lowest BCUT2D eigenvalue weighted by Crippen LogP contribution is -2.62. The van der Waals surface area contributed by atoms with Crippen LogP contribution >= 0.6 is 47.4 Å². The highest BCUT2D eigenvalue weighted by molar-refractivity contribution is 7.80. The Labute approximate surface area is 614 Å². The van der Waals surface area contributed by atoms with Gasteiger partial charge < -0.3 is 93.5 Å². The highest BCUT2D eigenvalue weighted by Crippen LogP contribution is 2.43. The minimum Gasteiger partial charge on any atom is -0.394 e. The molecular weight excluding hydrogens is 1450 g/mol. The number of nitrogens with zero attached hydrogens (tertiary/aromatic N) is 3. The van der Waals surface area contributed by atoms with E-state index in [-0.39, 0.29) is 89.4 Å². The number of nitrogens with one attached hydrogen (secondary N) is 9. The minimum absolute atomic E-state index is 0.0700. The number of aromatic amines is 1. The Morgan fingerprint density at radius 3 is 1.48 bits per heavy atom. The molecule has 37 heteroatoms. The Balaban J connectivity index is 1.25. The first kappa shape index (κ1) is 86.3. The number of amides is 8. The van der Waals surface area contributed by atoms with Gasteiger partial charge in [0.2, 0.25) is 69.4 Å². The zero-order valence-electron chi connectivity index (χ0n) is 58.1. The van der Waals surface area contributed by atoms with E-state index < -0.39 is 181 Å². The predicted octanol–water partition coefficient (Wildman–Crippen LogP) is -1.14. The molecule has 19 N–H and O–H groups in total. The van der Waals surface area contributed by atoms with Crippen LogP contribution in [0.2, 0.25) is 0 Å². The van der Waals surface area contributed by atoms with Crippen molar-refractivity contribution in [3.8, 4) is 0 Å². The van der Waals surface area contributed by atoms with Gasteiger partial charge in [-0.15, -0.1) is 0 Å². The van der Waals surface area contributed by atoms with Gasteiger partial charge in [-0.2, -0.15) is 25.3 Å². The number of carbonyl (C=O) groups is 8. The van der Waals surface area contributed by atoms with Gasteiger partial charge in [-0.3, -0.25) is 66.8 Å². The molecule has 5 aromatic rings. The molecule has 0 radical (unpaired) electrons. The van der Waals surface area contributed by atoms with Crippen LogP contribution in [0.25, 0.3) is 21.7 Å². The first-order valence-corrected chi connectivity index (χ1v) is 41.4. The molecule has 0 spiro atoms. The van der Waals surface area contributed by atoms with E-state index in [0.717, 1.165) is 5.39 Å². The number of para-hydroxylation sites is 1. The summed E-state index contributed by atoms with van der Waals surface area (Å²) in [5, 5.41) is 72.8. The molecule has 0 aliphatic carbocycles. The second-order valence-electron chi connectivity index (χ2n) is 26.0. The lowest BCUT2D eigenvalue weighted by Gasteiger charge is -2.29. The fourth-order valence-corrected chi connectivity index (χ4v) is 15.8. The van der Waals surface area contributed by atoms with Crippen LogP contribution in [0.4, 0.5) is 0 Å². The van der Waals surface area contributed by atoms with E-state index in [1.54, 1.807) is 93.7 Å². The fraction of sp³-hybridized carbons (Fsp3) is 0.522. The largest absolute Gasteiger partial charge is 0.394 e. The van der Waals surface area contributed by atoms with Crippen LogP contribution in [-0.4, -0.2) is 269 Å². The topological polar surface area (TPSA) is 497 Å². The molecule has 0 saturated carbocycles. The molecule has 1 aromatic heterocycles. The monoisotopic (exact) mass is 1550 g/mol. The lowest BCUT2D eigenvalue weighted by atomic mass is 9.97. The average molecular weight is 1550 g/mol. The second-order valence-corrected chi connectivity index (χ2v) is 33.7. The summed E-state index contributed by atoms with van der Waals surface area (Å²) in [6.07, 6.45) is -5.62. The SMILES string of the molecule is C[C@@H](O)[C@H](NC(=O)[C@H](CCCCN)NC(=O)[C@@H](Cc1c[nH]c2ccccc12)NC(=O)[C@H](Cc1cccc2ccccc12)NC(=O)[C@@H](CS)NC(=O)[C@H](Cc1ccccc1)NC(=O)CCP(=O)(O)CN1CCN(CP(=O)(O)CO)CCN(CP(=O)(O)CO)CC1)C(=O)N[C@@H](CS)C(=O)N[C@H](CO)[C@@H](C)O. The lowest BCUT2D eigenvalue weighted by molar-refractivity contribution is -0.136. The van der Waals surface area contributed by atoms with Crippen LogP contribution in [0.3, 0.4) is 0 Å². The third-order valence-electron chi connectivity index (χ3n) is 17.6. The van der Waals surface area contributed by atoms with Gasteiger partial charge in [-0.05, 0) is 73.2 Å². The summed E-state index contributed by atoms with van der Waals surface area (Å²) in [5.74, 6) is -7.91. The van der Waals surface area contributed by atoms with Crippen molar-refractivity contribution in [2.45, 2.75) is 119 Å². The van der Waals surface area contributed by atoms with Crippen LogP contribution in [0, 0.1) is 0 Å². The fourth-order valence-electron chi connectivity index (χ4n) is 11.7. The summed E-state index contributed by atoms with van der Waals surface area (Å²) in [4.78, 5) is 155. The minimum atomic E-state index is -4.25. The van der Waals surface area contributed by atoms with Gasteiger partial charge in [0.1, 0.15) is 55.0 Å². The van der Waals surface area contributed by atoms with Gasteiger partial charge in [-0.1, -0.05) is 91.0 Å². The molecular formula is C67H100N13O19P3S2. The number of benzene rings is 4. The molecule has 1 fully saturated rings. The van der Waals surface area contributed by atoms with E-state index in [9.17, 15) is 82.7 Å². The maximum absolute atomic E-state index is 15.3. The maximum atomic E-state index is 15.3. The summed E-state index contributed by atoms with van der Waals surface area (Å²) in [7, 11) is -12.3.